The second kappa shape index (κ2) is 6.43. The molecule has 2 atom stereocenters. The van der Waals surface area contributed by atoms with Crippen LogP contribution in [0.5, 0.6) is 0 Å². The van der Waals surface area contributed by atoms with Gasteiger partial charge in [-0.1, -0.05) is 38.5 Å². The second-order valence-electron chi connectivity index (χ2n) is 7.93. The van der Waals surface area contributed by atoms with Gasteiger partial charge in [0.15, 0.2) is 0 Å². The molecule has 0 aromatic heterocycles. The van der Waals surface area contributed by atoms with Gasteiger partial charge in [0.1, 0.15) is 6.04 Å². The SMILES string of the molecule is Cc1ccc(C(=O)N2C(C(=O)NC3CC3)CSC2C(C)(C)C)cc1. The maximum Gasteiger partial charge on any atom is 0.255 e. The average Bonchev–Trinajstić information content (AvgIpc) is 3.19. The molecule has 2 unspecified atom stereocenters. The Morgan fingerprint density at radius 2 is 1.79 bits per heavy atom. The van der Waals surface area contributed by atoms with Crippen LogP contribution >= 0.6 is 11.8 Å². The Kier molecular flexibility index (Phi) is 4.65. The van der Waals surface area contributed by atoms with Crippen LogP contribution in [-0.4, -0.2) is 39.9 Å². The summed E-state index contributed by atoms with van der Waals surface area (Å²) in [6.45, 7) is 8.38. The standard InChI is InChI=1S/C19H26N2O2S/c1-12-5-7-13(8-6-12)17(23)21-15(16(22)20-14-9-10-14)11-24-18(21)19(2,3)4/h5-8,14-15,18H,9-11H2,1-4H3,(H,20,22). The molecule has 1 N–H and O–H groups in total. The Bertz CT molecular complexity index is 632. The lowest BCUT2D eigenvalue weighted by atomic mass is 9.94. The molecule has 1 heterocycles. The number of hydrogen-bond donors (Lipinski definition) is 1. The molecule has 24 heavy (non-hydrogen) atoms. The third kappa shape index (κ3) is 3.61. The zero-order valence-electron chi connectivity index (χ0n) is 14.8. The summed E-state index contributed by atoms with van der Waals surface area (Å²) >= 11 is 1.71. The van der Waals surface area contributed by atoms with Crippen LogP contribution in [0.1, 0.15) is 49.5 Å². The molecule has 2 aliphatic rings. The topological polar surface area (TPSA) is 49.4 Å². The van der Waals surface area contributed by atoms with Gasteiger partial charge in [0.2, 0.25) is 5.91 Å². The molecule has 130 valence electrons. The smallest absolute Gasteiger partial charge is 0.255 e. The van der Waals surface area contributed by atoms with Crippen molar-refractivity contribution < 1.29 is 9.59 Å². The van der Waals surface area contributed by atoms with Crippen molar-refractivity contribution in [2.45, 2.75) is 58.0 Å². The molecule has 0 spiro atoms. The van der Waals surface area contributed by atoms with E-state index >= 15 is 0 Å². The summed E-state index contributed by atoms with van der Waals surface area (Å²) in [6.07, 6.45) is 2.11. The lowest BCUT2D eigenvalue weighted by Crippen LogP contribution is -2.52. The second-order valence-corrected chi connectivity index (χ2v) is 9.04. The van der Waals surface area contributed by atoms with Gasteiger partial charge < -0.3 is 10.2 Å². The Balaban J connectivity index is 1.87. The average molecular weight is 346 g/mol. The van der Waals surface area contributed by atoms with Gasteiger partial charge in [-0.15, -0.1) is 11.8 Å². The first-order valence-electron chi connectivity index (χ1n) is 8.58. The van der Waals surface area contributed by atoms with E-state index in [1.54, 1.807) is 11.8 Å². The molecule has 4 nitrogen and oxygen atoms in total. The van der Waals surface area contributed by atoms with Crippen molar-refractivity contribution >= 4 is 23.6 Å². The Morgan fingerprint density at radius 3 is 2.33 bits per heavy atom. The van der Waals surface area contributed by atoms with Gasteiger partial charge in [0.25, 0.3) is 5.91 Å². The third-order valence-corrected chi connectivity index (χ3v) is 6.26. The number of hydrogen-bond acceptors (Lipinski definition) is 3. The number of thioether (sulfide) groups is 1. The van der Waals surface area contributed by atoms with Crippen molar-refractivity contribution in [1.82, 2.24) is 10.2 Å². The monoisotopic (exact) mass is 346 g/mol. The number of aryl methyl sites for hydroxylation is 1. The largest absolute Gasteiger partial charge is 0.352 e. The summed E-state index contributed by atoms with van der Waals surface area (Å²) in [4.78, 5) is 27.6. The molecule has 1 aromatic rings. The molecule has 5 heteroatoms. The minimum Gasteiger partial charge on any atom is -0.352 e. The molecule has 0 radical (unpaired) electrons. The van der Waals surface area contributed by atoms with Crippen molar-refractivity contribution in [2.75, 3.05) is 5.75 Å². The molecule has 2 amide bonds. The normalized spacial score (nSPS) is 24.1. The van der Waals surface area contributed by atoms with Crippen LogP contribution < -0.4 is 5.32 Å². The van der Waals surface area contributed by atoms with Gasteiger partial charge in [0, 0.05) is 17.4 Å². The van der Waals surface area contributed by atoms with Crippen LogP contribution in [0.3, 0.4) is 0 Å². The number of amides is 2. The van der Waals surface area contributed by atoms with Crippen LogP contribution in [0.4, 0.5) is 0 Å². The van der Waals surface area contributed by atoms with Crippen LogP contribution in [0, 0.1) is 12.3 Å². The van der Waals surface area contributed by atoms with Gasteiger partial charge in [-0.3, -0.25) is 9.59 Å². The predicted molar refractivity (Wildman–Crippen MR) is 98.0 cm³/mol. The molecule has 1 aliphatic carbocycles. The lowest BCUT2D eigenvalue weighted by Gasteiger charge is -2.36. The van der Waals surface area contributed by atoms with E-state index in [9.17, 15) is 9.59 Å². The van der Waals surface area contributed by atoms with Gasteiger partial charge in [-0.2, -0.15) is 0 Å². The van der Waals surface area contributed by atoms with E-state index in [1.807, 2.05) is 36.1 Å². The Labute approximate surface area is 148 Å². The minimum absolute atomic E-state index is 0.00116. The van der Waals surface area contributed by atoms with E-state index in [-0.39, 0.29) is 28.6 Å². The van der Waals surface area contributed by atoms with Crippen LogP contribution in [-0.2, 0) is 4.79 Å². The zero-order chi connectivity index (χ0) is 17.5. The van der Waals surface area contributed by atoms with Crippen molar-refractivity contribution in [1.29, 1.82) is 0 Å². The maximum absolute atomic E-state index is 13.2. The number of benzene rings is 1. The fourth-order valence-electron chi connectivity index (χ4n) is 2.99. The highest BCUT2D eigenvalue weighted by Gasteiger charge is 2.47. The van der Waals surface area contributed by atoms with Gasteiger partial charge in [0.05, 0.1) is 5.37 Å². The van der Waals surface area contributed by atoms with Crippen molar-refractivity contribution in [3.05, 3.63) is 35.4 Å². The van der Waals surface area contributed by atoms with Crippen molar-refractivity contribution in [3.8, 4) is 0 Å². The first-order valence-corrected chi connectivity index (χ1v) is 9.63. The highest BCUT2D eigenvalue weighted by molar-refractivity contribution is 8.00. The quantitative estimate of drug-likeness (QED) is 0.914. The molecular weight excluding hydrogens is 320 g/mol. The fraction of sp³-hybridized carbons (Fsp3) is 0.579. The summed E-state index contributed by atoms with van der Waals surface area (Å²) in [7, 11) is 0. The highest BCUT2D eigenvalue weighted by atomic mass is 32.2. The number of carbonyl (C=O) groups excluding carboxylic acids is 2. The lowest BCUT2D eigenvalue weighted by molar-refractivity contribution is -0.125. The molecular formula is C19H26N2O2S. The van der Waals surface area contributed by atoms with Gasteiger partial charge >= 0.3 is 0 Å². The highest BCUT2D eigenvalue weighted by Crippen LogP contribution is 2.41. The molecule has 2 fully saturated rings. The molecule has 3 rings (SSSR count). The molecule has 1 aliphatic heterocycles. The first kappa shape index (κ1) is 17.3. The zero-order valence-corrected chi connectivity index (χ0v) is 15.7. The van der Waals surface area contributed by atoms with E-state index in [1.165, 1.54) is 0 Å². The molecule has 0 bridgehead atoms. The van der Waals surface area contributed by atoms with Crippen LogP contribution in [0.25, 0.3) is 0 Å². The predicted octanol–water partition coefficient (Wildman–Crippen LogP) is 3.20. The summed E-state index contributed by atoms with van der Waals surface area (Å²) in [6, 6.07) is 7.54. The third-order valence-electron chi connectivity index (χ3n) is 4.50. The van der Waals surface area contributed by atoms with E-state index in [2.05, 4.69) is 26.1 Å². The summed E-state index contributed by atoms with van der Waals surface area (Å²) < 4.78 is 0. The van der Waals surface area contributed by atoms with E-state index in [0.717, 1.165) is 18.4 Å². The summed E-state index contributed by atoms with van der Waals surface area (Å²) in [5, 5.41) is 3.07. The molecule has 1 aromatic carbocycles. The maximum atomic E-state index is 13.2. The van der Waals surface area contributed by atoms with Crippen LogP contribution in [0.15, 0.2) is 24.3 Å². The van der Waals surface area contributed by atoms with Gasteiger partial charge in [-0.25, -0.2) is 0 Å². The van der Waals surface area contributed by atoms with Crippen LogP contribution in [0.2, 0.25) is 0 Å². The summed E-state index contributed by atoms with van der Waals surface area (Å²) in [5.41, 5.74) is 1.69. The van der Waals surface area contributed by atoms with E-state index in [0.29, 0.717) is 17.4 Å². The summed E-state index contributed by atoms with van der Waals surface area (Å²) in [5.74, 6) is 0.617. The van der Waals surface area contributed by atoms with Crippen molar-refractivity contribution in [3.63, 3.8) is 0 Å². The minimum atomic E-state index is -0.381. The first-order chi connectivity index (χ1) is 11.3. The Morgan fingerprint density at radius 1 is 1.17 bits per heavy atom. The molecule has 1 saturated carbocycles. The Hall–Kier alpha value is -1.49. The van der Waals surface area contributed by atoms with E-state index in [4.69, 9.17) is 0 Å². The molecule has 1 saturated heterocycles. The number of rotatable bonds is 3. The van der Waals surface area contributed by atoms with Crippen molar-refractivity contribution in [2.24, 2.45) is 5.41 Å². The number of carbonyl (C=O) groups is 2. The van der Waals surface area contributed by atoms with Gasteiger partial charge in [-0.05, 0) is 37.3 Å². The fourth-order valence-corrected chi connectivity index (χ4v) is 4.57. The van der Waals surface area contributed by atoms with E-state index < -0.39 is 0 Å². The number of nitrogens with zero attached hydrogens (tertiary/aromatic N) is 1. The number of nitrogens with one attached hydrogen (secondary N) is 1.